The zero-order valence-corrected chi connectivity index (χ0v) is 8.26. The fraction of sp³-hybridized carbons (Fsp3) is 0.700. The number of rotatable bonds is 4. The highest BCUT2D eigenvalue weighted by Crippen LogP contribution is 2.24. The van der Waals surface area contributed by atoms with E-state index in [4.69, 9.17) is 0 Å². The largest absolute Gasteiger partial charge is 0.342 e. The van der Waals surface area contributed by atoms with Crippen molar-refractivity contribution in [1.82, 2.24) is 10.2 Å². The molecule has 0 aromatic heterocycles. The first-order valence-corrected chi connectivity index (χ1v) is 4.61. The summed E-state index contributed by atoms with van der Waals surface area (Å²) in [6.07, 6.45) is 2.33. The fourth-order valence-corrected chi connectivity index (χ4v) is 1.11. The van der Waals surface area contributed by atoms with Gasteiger partial charge in [-0.2, -0.15) is 0 Å². The van der Waals surface area contributed by atoms with E-state index in [9.17, 15) is 4.79 Å². The normalized spacial score (nSPS) is 14.6. The summed E-state index contributed by atoms with van der Waals surface area (Å²) >= 11 is 0. The average molecular weight is 180 g/mol. The molecule has 1 fully saturated rings. The van der Waals surface area contributed by atoms with Crippen LogP contribution < -0.4 is 5.32 Å². The lowest BCUT2D eigenvalue weighted by molar-refractivity contribution is -0.129. The highest BCUT2D eigenvalue weighted by Gasteiger charge is 2.28. The lowest BCUT2D eigenvalue weighted by Crippen LogP contribution is -2.36. The number of carbonyl (C=O) groups excluding carboxylic acids is 1. The Morgan fingerprint density at radius 2 is 2.31 bits per heavy atom. The molecule has 0 aromatic carbocycles. The smallest absolute Gasteiger partial charge is 0.236 e. The van der Waals surface area contributed by atoms with Crippen molar-refractivity contribution < 1.29 is 4.79 Å². The summed E-state index contributed by atoms with van der Waals surface area (Å²) in [4.78, 5) is 13.2. The maximum absolute atomic E-state index is 11.4. The van der Waals surface area contributed by atoms with Crippen LogP contribution >= 0.6 is 0 Å². The van der Waals surface area contributed by atoms with Gasteiger partial charge in [-0.3, -0.25) is 10.1 Å². The number of carbonyl (C=O) groups is 1. The van der Waals surface area contributed by atoms with Crippen molar-refractivity contribution in [1.29, 1.82) is 0 Å². The van der Waals surface area contributed by atoms with Crippen LogP contribution in [0.25, 0.3) is 0 Å². The van der Waals surface area contributed by atoms with Gasteiger partial charge in [-0.1, -0.05) is 5.92 Å². The van der Waals surface area contributed by atoms with Crippen LogP contribution in [0.3, 0.4) is 0 Å². The molecular weight excluding hydrogens is 164 g/mol. The monoisotopic (exact) mass is 180 g/mol. The minimum absolute atomic E-state index is 0.167. The summed E-state index contributed by atoms with van der Waals surface area (Å²) in [6.45, 7) is 2.79. The van der Waals surface area contributed by atoms with Gasteiger partial charge in [0.25, 0.3) is 0 Å². The van der Waals surface area contributed by atoms with E-state index in [-0.39, 0.29) is 5.91 Å². The van der Waals surface area contributed by atoms with Crippen LogP contribution in [0.5, 0.6) is 0 Å². The van der Waals surface area contributed by atoms with E-state index in [1.54, 1.807) is 6.92 Å². The molecule has 1 N–H and O–H groups in total. The van der Waals surface area contributed by atoms with Gasteiger partial charge >= 0.3 is 0 Å². The zero-order chi connectivity index (χ0) is 9.68. The van der Waals surface area contributed by atoms with Gasteiger partial charge in [-0.15, -0.1) is 5.92 Å². The maximum Gasteiger partial charge on any atom is 0.236 e. The Bertz CT molecular complexity index is 235. The lowest BCUT2D eigenvalue weighted by Gasteiger charge is -2.15. The molecule has 3 heteroatoms. The minimum atomic E-state index is 0.167. The average Bonchev–Trinajstić information content (AvgIpc) is 2.94. The van der Waals surface area contributed by atoms with Crippen molar-refractivity contribution >= 4 is 5.91 Å². The Morgan fingerprint density at radius 3 is 2.85 bits per heavy atom. The summed E-state index contributed by atoms with van der Waals surface area (Å²) in [6, 6.07) is 0.506. The van der Waals surface area contributed by atoms with Crippen molar-refractivity contribution in [3.63, 3.8) is 0 Å². The molecule has 1 saturated carbocycles. The van der Waals surface area contributed by atoms with Gasteiger partial charge in [0.15, 0.2) is 0 Å². The zero-order valence-electron chi connectivity index (χ0n) is 8.26. The third-order valence-electron chi connectivity index (χ3n) is 2.15. The van der Waals surface area contributed by atoms with Crippen molar-refractivity contribution in [2.24, 2.45) is 0 Å². The van der Waals surface area contributed by atoms with E-state index in [0.717, 1.165) is 12.8 Å². The van der Waals surface area contributed by atoms with Crippen molar-refractivity contribution in [3.8, 4) is 11.8 Å². The number of likely N-dealkylation sites (N-methyl/N-ethyl adjacent to an activating group) is 1. The van der Waals surface area contributed by atoms with Gasteiger partial charge in [0.2, 0.25) is 5.91 Å². The molecule has 0 spiro atoms. The van der Waals surface area contributed by atoms with Crippen LogP contribution in [0.4, 0.5) is 0 Å². The highest BCUT2D eigenvalue weighted by atomic mass is 16.2. The molecule has 0 bridgehead atoms. The number of nitrogens with zero attached hydrogens (tertiary/aromatic N) is 1. The molecule has 0 atom stereocenters. The molecule has 0 radical (unpaired) electrons. The fourth-order valence-electron chi connectivity index (χ4n) is 1.11. The molecule has 1 aliphatic rings. The van der Waals surface area contributed by atoms with Crippen LogP contribution in [0.15, 0.2) is 0 Å². The second-order valence-corrected chi connectivity index (χ2v) is 3.27. The van der Waals surface area contributed by atoms with Gasteiger partial charge in [-0.05, 0) is 19.8 Å². The third-order valence-corrected chi connectivity index (χ3v) is 2.15. The first-order chi connectivity index (χ1) is 6.25. The molecule has 72 valence electrons. The molecular formula is C10H16N2O. The van der Waals surface area contributed by atoms with Gasteiger partial charge in [0.1, 0.15) is 0 Å². The number of hydrogen-bond donors (Lipinski definition) is 1. The second kappa shape index (κ2) is 4.88. The van der Waals surface area contributed by atoms with Gasteiger partial charge in [0.05, 0.1) is 13.1 Å². The summed E-state index contributed by atoms with van der Waals surface area (Å²) in [5, 5.41) is 2.98. The van der Waals surface area contributed by atoms with Crippen LogP contribution in [0, 0.1) is 11.8 Å². The van der Waals surface area contributed by atoms with Crippen LogP contribution in [0.2, 0.25) is 0 Å². The molecule has 1 aliphatic carbocycles. The topological polar surface area (TPSA) is 32.3 Å². The minimum Gasteiger partial charge on any atom is -0.342 e. The summed E-state index contributed by atoms with van der Waals surface area (Å²) < 4.78 is 0. The first kappa shape index (κ1) is 10.1. The lowest BCUT2D eigenvalue weighted by atomic mass is 10.4. The molecule has 1 rings (SSSR count). The predicted molar refractivity (Wildman–Crippen MR) is 52.1 cm³/mol. The summed E-state index contributed by atoms with van der Waals surface area (Å²) in [7, 11) is 1.87. The Morgan fingerprint density at radius 1 is 1.62 bits per heavy atom. The number of nitrogens with one attached hydrogen (secondary N) is 1. The van der Waals surface area contributed by atoms with Crippen LogP contribution in [0.1, 0.15) is 19.8 Å². The highest BCUT2D eigenvalue weighted by molar-refractivity contribution is 5.78. The van der Waals surface area contributed by atoms with E-state index in [2.05, 4.69) is 17.2 Å². The Labute approximate surface area is 79.5 Å². The molecule has 0 aliphatic heterocycles. The number of hydrogen-bond acceptors (Lipinski definition) is 2. The molecule has 13 heavy (non-hydrogen) atoms. The van der Waals surface area contributed by atoms with Gasteiger partial charge in [-0.25, -0.2) is 0 Å². The van der Waals surface area contributed by atoms with Crippen LogP contribution in [-0.4, -0.2) is 37.0 Å². The quantitative estimate of drug-likeness (QED) is 0.496. The van der Waals surface area contributed by atoms with Crippen molar-refractivity contribution in [2.45, 2.75) is 25.8 Å². The molecule has 3 nitrogen and oxygen atoms in total. The van der Waals surface area contributed by atoms with E-state index < -0.39 is 0 Å². The SMILES string of the molecule is CC#CCNCC(=O)N(C)C1CC1. The summed E-state index contributed by atoms with van der Waals surface area (Å²) in [5.74, 6) is 5.79. The van der Waals surface area contributed by atoms with Gasteiger partial charge < -0.3 is 4.90 Å². The molecule has 0 saturated heterocycles. The summed E-state index contributed by atoms with van der Waals surface area (Å²) in [5.41, 5.74) is 0. The Balaban J connectivity index is 2.11. The van der Waals surface area contributed by atoms with Crippen LogP contribution in [-0.2, 0) is 4.79 Å². The van der Waals surface area contributed by atoms with Gasteiger partial charge in [0, 0.05) is 13.1 Å². The maximum atomic E-state index is 11.4. The van der Waals surface area contributed by atoms with E-state index in [1.807, 2.05) is 11.9 Å². The Kier molecular flexibility index (Phi) is 3.78. The predicted octanol–water partition coefficient (Wildman–Crippen LogP) is 0.220. The Hall–Kier alpha value is -1.01. The molecule has 0 heterocycles. The third kappa shape index (κ3) is 3.47. The van der Waals surface area contributed by atoms with Crippen molar-refractivity contribution in [2.75, 3.05) is 20.1 Å². The van der Waals surface area contributed by atoms with E-state index in [0.29, 0.717) is 19.1 Å². The standard InChI is InChI=1S/C10H16N2O/c1-3-4-7-11-8-10(13)12(2)9-5-6-9/h9,11H,5-8H2,1-2H3. The van der Waals surface area contributed by atoms with Crippen molar-refractivity contribution in [3.05, 3.63) is 0 Å². The van der Waals surface area contributed by atoms with E-state index >= 15 is 0 Å². The number of amides is 1. The molecule has 0 unspecified atom stereocenters. The first-order valence-electron chi connectivity index (χ1n) is 4.61. The van der Waals surface area contributed by atoms with E-state index in [1.165, 1.54) is 0 Å². The molecule has 1 amide bonds. The molecule has 0 aromatic rings. The second-order valence-electron chi connectivity index (χ2n) is 3.27.